The Morgan fingerprint density at radius 3 is 3.12 bits per heavy atom. The molecule has 2 nitrogen and oxygen atoms in total. The smallest absolute Gasteiger partial charge is 0.123 e. The van der Waals surface area contributed by atoms with Crippen LogP contribution in [0.4, 0.5) is 4.39 Å². The van der Waals surface area contributed by atoms with E-state index in [2.05, 4.69) is 0 Å². The first-order chi connectivity index (χ1) is 7.70. The first-order valence-electron chi connectivity index (χ1n) is 5.88. The van der Waals surface area contributed by atoms with Crippen LogP contribution in [-0.2, 0) is 16.8 Å². The van der Waals surface area contributed by atoms with Crippen LogP contribution in [-0.4, -0.2) is 12.6 Å². The lowest BCUT2D eigenvalue weighted by molar-refractivity contribution is -0.0884. The van der Waals surface area contributed by atoms with Crippen LogP contribution in [0, 0.1) is 5.82 Å². The molecule has 2 N–H and O–H groups in total. The second kappa shape index (κ2) is 3.54. The second-order valence-electron chi connectivity index (χ2n) is 4.90. The first-order valence-corrected chi connectivity index (χ1v) is 5.88. The van der Waals surface area contributed by atoms with Gasteiger partial charge < -0.3 is 10.5 Å². The summed E-state index contributed by atoms with van der Waals surface area (Å²) in [6.45, 7) is 0.720. The van der Waals surface area contributed by atoms with E-state index in [9.17, 15) is 4.39 Å². The Morgan fingerprint density at radius 1 is 1.44 bits per heavy atom. The minimum Gasteiger partial charge on any atom is -0.370 e. The number of halogens is 1. The summed E-state index contributed by atoms with van der Waals surface area (Å²) in [6, 6.07) is 5.24. The van der Waals surface area contributed by atoms with Gasteiger partial charge in [-0.25, -0.2) is 4.39 Å². The van der Waals surface area contributed by atoms with Gasteiger partial charge in [-0.15, -0.1) is 0 Å². The molecule has 1 aromatic carbocycles. The molecule has 1 spiro atoms. The minimum absolute atomic E-state index is 0.157. The molecule has 0 saturated carbocycles. The summed E-state index contributed by atoms with van der Waals surface area (Å²) >= 11 is 0. The first kappa shape index (κ1) is 10.2. The van der Waals surface area contributed by atoms with Crippen molar-refractivity contribution in [2.45, 2.75) is 37.3 Å². The zero-order valence-corrected chi connectivity index (χ0v) is 9.21. The normalized spacial score (nSPS) is 33.0. The molecule has 3 heteroatoms. The lowest BCUT2D eigenvalue weighted by Crippen LogP contribution is -2.41. The highest BCUT2D eigenvalue weighted by Gasteiger charge is 2.43. The van der Waals surface area contributed by atoms with Gasteiger partial charge in [-0.3, -0.25) is 0 Å². The van der Waals surface area contributed by atoms with Gasteiger partial charge in [0.1, 0.15) is 5.82 Å². The molecule has 0 radical (unpaired) electrons. The van der Waals surface area contributed by atoms with E-state index in [1.807, 2.05) is 6.07 Å². The predicted molar refractivity (Wildman–Crippen MR) is 59.6 cm³/mol. The maximum absolute atomic E-state index is 13.1. The number of fused-ring (bicyclic) bond motifs is 2. The van der Waals surface area contributed by atoms with Gasteiger partial charge in [0.05, 0.1) is 5.60 Å². The summed E-state index contributed by atoms with van der Waals surface area (Å²) in [5.74, 6) is -0.157. The molecular formula is C13H16FNO. The van der Waals surface area contributed by atoms with Gasteiger partial charge in [-0.05, 0) is 48.9 Å². The molecule has 1 fully saturated rings. The van der Waals surface area contributed by atoms with Crippen LogP contribution in [0.2, 0.25) is 0 Å². The Morgan fingerprint density at radius 2 is 2.31 bits per heavy atom. The van der Waals surface area contributed by atoms with Gasteiger partial charge >= 0.3 is 0 Å². The van der Waals surface area contributed by atoms with Gasteiger partial charge in [0.25, 0.3) is 0 Å². The van der Waals surface area contributed by atoms with E-state index in [1.54, 1.807) is 6.07 Å². The number of benzene rings is 1. The molecule has 2 aliphatic rings. The van der Waals surface area contributed by atoms with Crippen LogP contribution in [0.3, 0.4) is 0 Å². The summed E-state index contributed by atoms with van der Waals surface area (Å²) < 4.78 is 19.1. The monoisotopic (exact) mass is 221 g/mol. The van der Waals surface area contributed by atoms with E-state index < -0.39 is 0 Å². The maximum Gasteiger partial charge on any atom is 0.123 e. The molecule has 1 heterocycles. The fourth-order valence-corrected chi connectivity index (χ4v) is 3.04. The van der Waals surface area contributed by atoms with E-state index in [0.29, 0.717) is 0 Å². The average Bonchev–Trinajstić information content (AvgIpc) is 2.57. The summed E-state index contributed by atoms with van der Waals surface area (Å²) in [6.07, 6.45) is 3.64. The Kier molecular flexibility index (Phi) is 2.26. The fraction of sp³-hybridized carbons (Fsp3) is 0.538. The van der Waals surface area contributed by atoms with Gasteiger partial charge in [0.2, 0.25) is 0 Å². The van der Waals surface area contributed by atoms with Crippen molar-refractivity contribution in [1.29, 1.82) is 0 Å². The highest BCUT2D eigenvalue weighted by molar-refractivity contribution is 5.38. The highest BCUT2D eigenvalue weighted by Crippen LogP contribution is 2.45. The molecule has 2 unspecified atom stereocenters. The van der Waals surface area contributed by atoms with E-state index in [1.165, 1.54) is 6.07 Å². The average molecular weight is 221 g/mol. The number of aryl methyl sites for hydroxylation is 1. The molecule has 0 amide bonds. The SMILES string of the molecule is NC1CCOC2(CCc3cc(F)ccc32)C1. The molecule has 0 aromatic heterocycles. The van der Waals surface area contributed by atoms with Crippen LogP contribution in [0.1, 0.15) is 30.4 Å². The number of hydrogen-bond donors (Lipinski definition) is 1. The molecule has 0 bridgehead atoms. The Balaban J connectivity index is 2.01. The zero-order chi connectivity index (χ0) is 11.2. The van der Waals surface area contributed by atoms with Crippen molar-refractivity contribution in [1.82, 2.24) is 0 Å². The standard InChI is InChI=1S/C13H16FNO/c14-10-1-2-12-9(7-10)3-5-13(12)8-11(15)4-6-16-13/h1-2,7,11H,3-6,8,15H2. The van der Waals surface area contributed by atoms with Crippen molar-refractivity contribution >= 4 is 0 Å². The summed E-state index contributed by atoms with van der Waals surface area (Å²) in [4.78, 5) is 0. The van der Waals surface area contributed by atoms with Crippen LogP contribution in [0.5, 0.6) is 0 Å². The number of ether oxygens (including phenoxy) is 1. The molecular weight excluding hydrogens is 205 g/mol. The Labute approximate surface area is 94.6 Å². The lowest BCUT2D eigenvalue weighted by atomic mass is 9.86. The number of rotatable bonds is 0. The van der Waals surface area contributed by atoms with Crippen LogP contribution < -0.4 is 5.73 Å². The highest BCUT2D eigenvalue weighted by atomic mass is 19.1. The molecule has 3 rings (SSSR count). The number of hydrogen-bond acceptors (Lipinski definition) is 2. The van der Waals surface area contributed by atoms with Crippen molar-refractivity contribution in [3.05, 3.63) is 35.1 Å². The summed E-state index contributed by atoms with van der Waals surface area (Å²) in [5.41, 5.74) is 8.05. The lowest BCUT2D eigenvalue weighted by Gasteiger charge is -2.37. The zero-order valence-electron chi connectivity index (χ0n) is 9.21. The van der Waals surface area contributed by atoms with Crippen molar-refractivity contribution < 1.29 is 9.13 Å². The molecule has 1 aliphatic heterocycles. The molecule has 86 valence electrons. The Hall–Kier alpha value is -0.930. The predicted octanol–water partition coefficient (Wildman–Crippen LogP) is 2.10. The van der Waals surface area contributed by atoms with Gasteiger partial charge in [-0.2, -0.15) is 0 Å². The second-order valence-corrected chi connectivity index (χ2v) is 4.90. The summed E-state index contributed by atoms with van der Waals surface area (Å²) in [5, 5.41) is 0. The van der Waals surface area contributed by atoms with Crippen molar-refractivity contribution in [3.8, 4) is 0 Å². The van der Waals surface area contributed by atoms with Crippen molar-refractivity contribution in [2.75, 3.05) is 6.61 Å². The van der Waals surface area contributed by atoms with Gasteiger partial charge in [-0.1, -0.05) is 6.07 Å². The molecule has 1 saturated heterocycles. The summed E-state index contributed by atoms with van der Waals surface area (Å²) in [7, 11) is 0. The van der Waals surface area contributed by atoms with Gasteiger partial charge in [0.15, 0.2) is 0 Å². The van der Waals surface area contributed by atoms with E-state index >= 15 is 0 Å². The molecule has 1 aliphatic carbocycles. The topological polar surface area (TPSA) is 35.2 Å². The van der Waals surface area contributed by atoms with E-state index in [4.69, 9.17) is 10.5 Å². The minimum atomic E-state index is -0.222. The van der Waals surface area contributed by atoms with Crippen LogP contribution in [0.25, 0.3) is 0 Å². The number of nitrogens with two attached hydrogens (primary N) is 1. The third kappa shape index (κ3) is 1.46. The Bertz CT molecular complexity index is 420. The molecule has 16 heavy (non-hydrogen) atoms. The van der Waals surface area contributed by atoms with E-state index in [-0.39, 0.29) is 17.5 Å². The maximum atomic E-state index is 13.1. The third-order valence-corrected chi connectivity index (χ3v) is 3.82. The molecule has 1 aromatic rings. The van der Waals surface area contributed by atoms with Crippen molar-refractivity contribution in [3.63, 3.8) is 0 Å². The quantitative estimate of drug-likeness (QED) is 0.728. The van der Waals surface area contributed by atoms with Crippen LogP contribution in [0.15, 0.2) is 18.2 Å². The largest absolute Gasteiger partial charge is 0.370 e. The van der Waals surface area contributed by atoms with Gasteiger partial charge in [0, 0.05) is 12.6 Å². The van der Waals surface area contributed by atoms with E-state index in [0.717, 1.165) is 43.4 Å². The molecule has 2 atom stereocenters. The fourth-order valence-electron chi connectivity index (χ4n) is 3.04. The van der Waals surface area contributed by atoms with Crippen LogP contribution >= 0.6 is 0 Å². The third-order valence-electron chi connectivity index (χ3n) is 3.82. The van der Waals surface area contributed by atoms with Crippen molar-refractivity contribution in [2.24, 2.45) is 5.73 Å².